The number of carbonyl (C=O) groups excluding carboxylic acids is 1. The van der Waals surface area contributed by atoms with E-state index in [0.29, 0.717) is 11.5 Å². The van der Waals surface area contributed by atoms with Crippen molar-refractivity contribution in [3.05, 3.63) is 22.9 Å². The largest absolute Gasteiger partial charge is 0.369 e. The quantitative estimate of drug-likeness (QED) is 0.810. The molecule has 0 aliphatic carbocycles. The Bertz CT molecular complexity index is 610. The van der Waals surface area contributed by atoms with Crippen molar-refractivity contribution in [2.45, 2.75) is 47.0 Å². The Balaban J connectivity index is 2.23. The van der Waals surface area contributed by atoms with Crippen LogP contribution in [0.4, 0.5) is 5.82 Å². The molecule has 1 amide bonds. The Hall–Kier alpha value is -1.62. The number of hydrogen-bond donors (Lipinski definition) is 1. The lowest BCUT2D eigenvalue weighted by atomic mass is 10.0. The third kappa shape index (κ3) is 5.70. The van der Waals surface area contributed by atoms with Gasteiger partial charge in [-0.05, 0) is 42.9 Å². The summed E-state index contributed by atoms with van der Waals surface area (Å²) in [5.74, 6) is 2.00. The topological polar surface area (TPSA) is 48.5 Å². The second kappa shape index (κ2) is 9.36. The van der Waals surface area contributed by atoms with E-state index in [9.17, 15) is 4.79 Å². The Morgan fingerprint density at radius 2 is 1.88 bits per heavy atom. The normalized spacial score (nSPS) is 15.1. The van der Waals surface area contributed by atoms with Gasteiger partial charge in [0.1, 0.15) is 5.82 Å². The van der Waals surface area contributed by atoms with E-state index >= 15 is 0 Å². The summed E-state index contributed by atoms with van der Waals surface area (Å²) < 4.78 is 0. The van der Waals surface area contributed by atoms with E-state index in [0.717, 1.165) is 56.5 Å². The van der Waals surface area contributed by atoms with Gasteiger partial charge in [0.05, 0.1) is 5.56 Å². The van der Waals surface area contributed by atoms with Gasteiger partial charge in [0.2, 0.25) is 0 Å². The van der Waals surface area contributed by atoms with Crippen LogP contribution in [0.5, 0.6) is 0 Å². The fourth-order valence-electron chi connectivity index (χ4n) is 3.18. The van der Waals surface area contributed by atoms with Gasteiger partial charge >= 0.3 is 0 Å². The third-order valence-corrected chi connectivity index (χ3v) is 4.89. The van der Waals surface area contributed by atoms with Gasteiger partial charge in [-0.15, -0.1) is 0 Å². The number of rotatable bonds is 7. The first kappa shape index (κ1) is 20.7. The summed E-state index contributed by atoms with van der Waals surface area (Å²) in [7, 11) is 3.60. The minimum Gasteiger partial charge on any atom is -0.369 e. The number of nitrogens with one attached hydrogen (secondary N) is 1. The van der Waals surface area contributed by atoms with Crippen LogP contribution in [0, 0.1) is 11.8 Å². The SMILES string of the molecule is CC(C)CCN1CCc2cc(C(=O)N(C)C)c(NCC(C)C)nc2CC1. The highest BCUT2D eigenvalue weighted by molar-refractivity contribution is 5.98. The summed E-state index contributed by atoms with van der Waals surface area (Å²) in [6.07, 6.45) is 3.16. The lowest BCUT2D eigenvalue weighted by molar-refractivity contribution is 0.0828. The molecule has 0 unspecified atom stereocenters. The number of fused-ring (bicyclic) bond motifs is 1. The maximum Gasteiger partial charge on any atom is 0.257 e. The fraction of sp³-hybridized carbons (Fsp3) is 0.714. The van der Waals surface area contributed by atoms with Crippen molar-refractivity contribution < 1.29 is 4.79 Å². The number of amides is 1. The van der Waals surface area contributed by atoms with Crippen LogP contribution in [0.3, 0.4) is 0 Å². The number of carbonyl (C=O) groups is 1. The number of anilines is 1. The van der Waals surface area contributed by atoms with Crippen LogP contribution in [0.1, 0.15) is 55.7 Å². The molecular formula is C21H36N4O. The molecule has 1 aromatic rings. The summed E-state index contributed by atoms with van der Waals surface area (Å²) in [5, 5.41) is 3.40. The highest BCUT2D eigenvalue weighted by Gasteiger charge is 2.21. The van der Waals surface area contributed by atoms with Gasteiger partial charge in [0.25, 0.3) is 5.91 Å². The monoisotopic (exact) mass is 360 g/mol. The van der Waals surface area contributed by atoms with Crippen LogP contribution in [-0.4, -0.2) is 61.0 Å². The number of pyridine rings is 1. The van der Waals surface area contributed by atoms with Crippen molar-refractivity contribution in [1.29, 1.82) is 0 Å². The number of aromatic nitrogens is 1. The molecule has 0 fully saturated rings. The minimum absolute atomic E-state index is 0.0208. The molecule has 2 rings (SSSR count). The highest BCUT2D eigenvalue weighted by Crippen LogP contribution is 2.23. The maximum absolute atomic E-state index is 12.7. The molecule has 0 aromatic carbocycles. The minimum atomic E-state index is 0.0208. The van der Waals surface area contributed by atoms with Crippen LogP contribution in [0.25, 0.3) is 0 Å². The molecule has 0 spiro atoms. The van der Waals surface area contributed by atoms with Crippen LogP contribution in [0.2, 0.25) is 0 Å². The first-order valence-electron chi connectivity index (χ1n) is 9.98. The van der Waals surface area contributed by atoms with Crippen LogP contribution >= 0.6 is 0 Å². The molecule has 0 atom stereocenters. The first-order valence-corrected chi connectivity index (χ1v) is 9.98. The lowest BCUT2D eigenvalue weighted by Crippen LogP contribution is -2.28. The maximum atomic E-state index is 12.7. The zero-order chi connectivity index (χ0) is 19.3. The summed E-state index contributed by atoms with van der Waals surface area (Å²) in [6, 6.07) is 2.08. The van der Waals surface area contributed by atoms with Crippen LogP contribution in [-0.2, 0) is 12.8 Å². The third-order valence-electron chi connectivity index (χ3n) is 4.89. The average Bonchev–Trinajstić information content (AvgIpc) is 2.78. The van der Waals surface area contributed by atoms with Crippen LogP contribution < -0.4 is 5.32 Å². The molecule has 5 nitrogen and oxygen atoms in total. The predicted octanol–water partition coefficient (Wildman–Crippen LogP) is 3.30. The smallest absolute Gasteiger partial charge is 0.257 e. The zero-order valence-electron chi connectivity index (χ0n) is 17.4. The van der Waals surface area contributed by atoms with E-state index in [1.807, 2.05) is 0 Å². The standard InChI is InChI=1S/C21H36N4O/c1-15(2)7-10-25-11-8-17-13-18(21(26)24(5)6)20(22-14-16(3)4)23-19(17)9-12-25/h13,15-16H,7-12,14H2,1-6H3,(H,22,23). The van der Waals surface area contributed by atoms with E-state index in [2.05, 4.69) is 44.0 Å². The van der Waals surface area contributed by atoms with E-state index in [1.54, 1.807) is 19.0 Å². The first-order chi connectivity index (χ1) is 12.3. The molecule has 1 N–H and O–H groups in total. The molecule has 0 saturated heterocycles. The molecular weight excluding hydrogens is 324 g/mol. The van der Waals surface area contributed by atoms with Gasteiger partial charge in [-0.1, -0.05) is 27.7 Å². The molecule has 5 heteroatoms. The van der Waals surface area contributed by atoms with Gasteiger partial charge in [0.15, 0.2) is 0 Å². The van der Waals surface area contributed by atoms with E-state index in [4.69, 9.17) is 4.98 Å². The summed E-state index contributed by atoms with van der Waals surface area (Å²) >= 11 is 0. The van der Waals surface area contributed by atoms with Gasteiger partial charge in [0, 0.05) is 45.8 Å². The van der Waals surface area contributed by atoms with Gasteiger partial charge in [-0.25, -0.2) is 4.98 Å². The van der Waals surface area contributed by atoms with Gasteiger partial charge < -0.3 is 15.1 Å². The summed E-state index contributed by atoms with van der Waals surface area (Å²) in [5.41, 5.74) is 3.08. The van der Waals surface area contributed by atoms with E-state index in [1.165, 1.54) is 12.0 Å². The molecule has 1 aromatic heterocycles. The number of hydrogen-bond acceptors (Lipinski definition) is 4. The summed E-state index contributed by atoms with van der Waals surface area (Å²) in [4.78, 5) is 21.7. The Morgan fingerprint density at radius 1 is 1.19 bits per heavy atom. The second-order valence-electron chi connectivity index (χ2n) is 8.49. The van der Waals surface area contributed by atoms with Crippen molar-refractivity contribution in [1.82, 2.24) is 14.8 Å². The average molecular weight is 361 g/mol. The molecule has 1 aliphatic rings. The molecule has 26 heavy (non-hydrogen) atoms. The Morgan fingerprint density at radius 3 is 2.50 bits per heavy atom. The molecule has 0 radical (unpaired) electrons. The van der Waals surface area contributed by atoms with Gasteiger partial charge in [-0.2, -0.15) is 0 Å². The van der Waals surface area contributed by atoms with Crippen molar-refractivity contribution in [3.8, 4) is 0 Å². The van der Waals surface area contributed by atoms with Crippen LogP contribution in [0.15, 0.2) is 6.07 Å². The van der Waals surface area contributed by atoms with Crippen molar-refractivity contribution >= 4 is 11.7 Å². The van der Waals surface area contributed by atoms with Crippen molar-refractivity contribution in [2.24, 2.45) is 11.8 Å². The van der Waals surface area contributed by atoms with Crippen molar-refractivity contribution in [2.75, 3.05) is 45.6 Å². The molecule has 1 aliphatic heterocycles. The summed E-state index contributed by atoms with van der Waals surface area (Å²) in [6.45, 7) is 13.0. The molecule has 2 heterocycles. The lowest BCUT2D eigenvalue weighted by Gasteiger charge is -2.20. The molecule has 0 bridgehead atoms. The Kier molecular flexibility index (Phi) is 7.44. The van der Waals surface area contributed by atoms with E-state index < -0.39 is 0 Å². The highest BCUT2D eigenvalue weighted by atomic mass is 16.2. The van der Waals surface area contributed by atoms with Gasteiger partial charge in [-0.3, -0.25) is 4.79 Å². The molecule has 0 saturated carbocycles. The Labute approximate surface area is 159 Å². The second-order valence-corrected chi connectivity index (χ2v) is 8.49. The van der Waals surface area contributed by atoms with Crippen molar-refractivity contribution in [3.63, 3.8) is 0 Å². The zero-order valence-corrected chi connectivity index (χ0v) is 17.4. The fourth-order valence-corrected chi connectivity index (χ4v) is 3.18. The predicted molar refractivity (Wildman–Crippen MR) is 109 cm³/mol. The van der Waals surface area contributed by atoms with E-state index in [-0.39, 0.29) is 5.91 Å². The number of nitrogens with zero attached hydrogens (tertiary/aromatic N) is 3. The molecule has 146 valence electrons.